The lowest BCUT2D eigenvalue weighted by atomic mass is 9.99. The van der Waals surface area contributed by atoms with E-state index in [4.69, 9.17) is 18.0 Å². The zero-order valence-electron chi connectivity index (χ0n) is 11.6. The number of thiocarbonyl (C=S) groups is 1. The standard InChI is InChI=1S/C17H17BrN2S/c18-16-10-14(6-7-15(16)17(19)21)20-9-8-13(11-20)12-4-2-1-3-5-12/h1-7,10,13H,8-9,11H2,(H2,19,21). The Bertz CT molecular complexity index is 657. The summed E-state index contributed by atoms with van der Waals surface area (Å²) in [5.41, 5.74) is 9.25. The molecule has 108 valence electrons. The highest BCUT2D eigenvalue weighted by Gasteiger charge is 2.24. The second-order valence-corrected chi connectivity index (χ2v) is 6.66. The normalized spacial score (nSPS) is 18.0. The van der Waals surface area contributed by atoms with Crippen molar-refractivity contribution in [2.75, 3.05) is 18.0 Å². The Morgan fingerprint density at radius 1 is 1.19 bits per heavy atom. The van der Waals surface area contributed by atoms with Gasteiger partial charge in [-0.1, -0.05) is 42.5 Å². The molecule has 2 aromatic carbocycles. The monoisotopic (exact) mass is 360 g/mol. The highest BCUT2D eigenvalue weighted by Crippen LogP contribution is 2.32. The fourth-order valence-corrected chi connectivity index (χ4v) is 3.78. The largest absolute Gasteiger partial charge is 0.389 e. The zero-order chi connectivity index (χ0) is 14.8. The summed E-state index contributed by atoms with van der Waals surface area (Å²) in [6.07, 6.45) is 1.19. The molecular formula is C17H17BrN2S. The molecule has 0 bridgehead atoms. The van der Waals surface area contributed by atoms with Crippen LogP contribution in [0.2, 0.25) is 0 Å². The topological polar surface area (TPSA) is 29.3 Å². The summed E-state index contributed by atoms with van der Waals surface area (Å²) in [7, 11) is 0. The molecule has 0 aromatic heterocycles. The van der Waals surface area contributed by atoms with Crippen LogP contribution in [0, 0.1) is 0 Å². The van der Waals surface area contributed by atoms with Crippen LogP contribution in [0.3, 0.4) is 0 Å². The van der Waals surface area contributed by atoms with Gasteiger partial charge >= 0.3 is 0 Å². The van der Waals surface area contributed by atoms with E-state index in [1.54, 1.807) is 0 Å². The fourth-order valence-electron chi connectivity index (χ4n) is 2.89. The van der Waals surface area contributed by atoms with E-state index in [0.717, 1.165) is 23.1 Å². The summed E-state index contributed by atoms with van der Waals surface area (Å²) in [6.45, 7) is 2.14. The maximum Gasteiger partial charge on any atom is 0.105 e. The molecule has 2 N–H and O–H groups in total. The maximum atomic E-state index is 5.70. The molecule has 2 aromatic rings. The predicted molar refractivity (Wildman–Crippen MR) is 96.0 cm³/mol. The number of halogens is 1. The summed E-state index contributed by atoms with van der Waals surface area (Å²) in [5.74, 6) is 0.611. The van der Waals surface area contributed by atoms with E-state index in [1.165, 1.54) is 17.7 Å². The first-order valence-electron chi connectivity index (χ1n) is 7.04. The fraction of sp³-hybridized carbons (Fsp3) is 0.235. The van der Waals surface area contributed by atoms with Gasteiger partial charge < -0.3 is 10.6 Å². The Balaban J connectivity index is 1.77. The van der Waals surface area contributed by atoms with Gasteiger partial charge in [-0.15, -0.1) is 0 Å². The molecule has 0 amide bonds. The van der Waals surface area contributed by atoms with Crippen molar-refractivity contribution >= 4 is 38.8 Å². The van der Waals surface area contributed by atoms with E-state index in [1.807, 2.05) is 6.07 Å². The van der Waals surface area contributed by atoms with Gasteiger partial charge in [0.1, 0.15) is 4.99 Å². The predicted octanol–water partition coefficient (Wildman–Crippen LogP) is 4.08. The molecule has 0 spiro atoms. The lowest BCUT2D eigenvalue weighted by molar-refractivity contribution is 0.775. The average molecular weight is 361 g/mol. The Kier molecular flexibility index (Phi) is 4.27. The number of hydrogen-bond acceptors (Lipinski definition) is 2. The maximum absolute atomic E-state index is 5.70. The van der Waals surface area contributed by atoms with Gasteiger partial charge in [0.25, 0.3) is 0 Å². The van der Waals surface area contributed by atoms with Crippen molar-refractivity contribution < 1.29 is 0 Å². The molecule has 21 heavy (non-hydrogen) atoms. The first kappa shape index (κ1) is 14.5. The molecule has 1 aliphatic heterocycles. The van der Waals surface area contributed by atoms with Crippen molar-refractivity contribution in [1.82, 2.24) is 0 Å². The summed E-state index contributed by atoms with van der Waals surface area (Å²) < 4.78 is 0.968. The molecule has 1 saturated heterocycles. The summed E-state index contributed by atoms with van der Waals surface area (Å²) >= 11 is 8.61. The van der Waals surface area contributed by atoms with Gasteiger partial charge in [0.05, 0.1) is 0 Å². The van der Waals surface area contributed by atoms with Gasteiger partial charge in [-0.2, -0.15) is 0 Å². The molecule has 1 aliphatic rings. The average Bonchev–Trinajstić information content (AvgIpc) is 2.97. The van der Waals surface area contributed by atoms with Crippen molar-refractivity contribution in [3.8, 4) is 0 Å². The number of rotatable bonds is 3. The first-order valence-corrected chi connectivity index (χ1v) is 8.24. The second-order valence-electron chi connectivity index (χ2n) is 5.37. The number of benzene rings is 2. The highest BCUT2D eigenvalue weighted by atomic mass is 79.9. The Morgan fingerprint density at radius 2 is 1.95 bits per heavy atom. The first-order chi connectivity index (χ1) is 10.1. The molecule has 0 radical (unpaired) electrons. The SMILES string of the molecule is NC(=S)c1ccc(N2CCC(c3ccccc3)C2)cc1Br. The lowest BCUT2D eigenvalue weighted by Crippen LogP contribution is -2.19. The minimum absolute atomic E-state index is 0.428. The Hall–Kier alpha value is -1.39. The number of hydrogen-bond donors (Lipinski definition) is 1. The molecule has 1 atom stereocenters. The van der Waals surface area contributed by atoms with Gasteiger partial charge in [-0.05, 0) is 46.1 Å². The molecule has 0 saturated carbocycles. The molecule has 1 fully saturated rings. The molecular weight excluding hydrogens is 344 g/mol. The van der Waals surface area contributed by atoms with Crippen LogP contribution in [-0.2, 0) is 0 Å². The van der Waals surface area contributed by atoms with E-state index in [9.17, 15) is 0 Å². The van der Waals surface area contributed by atoms with Crippen LogP contribution in [0.15, 0.2) is 53.0 Å². The minimum atomic E-state index is 0.428. The van der Waals surface area contributed by atoms with Gasteiger partial charge in [0.15, 0.2) is 0 Å². The van der Waals surface area contributed by atoms with Crippen molar-refractivity contribution in [2.45, 2.75) is 12.3 Å². The third kappa shape index (κ3) is 3.11. The van der Waals surface area contributed by atoms with Gasteiger partial charge in [0.2, 0.25) is 0 Å². The van der Waals surface area contributed by atoms with Crippen molar-refractivity contribution in [3.63, 3.8) is 0 Å². The van der Waals surface area contributed by atoms with Crippen LogP contribution in [0.4, 0.5) is 5.69 Å². The molecule has 2 nitrogen and oxygen atoms in total. The lowest BCUT2D eigenvalue weighted by Gasteiger charge is -2.20. The van der Waals surface area contributed by atoms with Crippen LogP contribution < -0.4 is 10.6 Å². The van der Waals surface area contributed by atoms with Crippen molar-refractivity contribution in [1.29, 1.82) is 0 Å². The van der Waals surface area contributed by atoms with E-state index in [-0.39, 0.29) is 0 Å². The van der Waals surface area contributed by atoms with E-state index in [2.05, 4.69) is 63.3 Å². The van der Waals surface area contributed by atoms with Gasteiger partial charge in [0, 0.05) is 34.7 Å². The van der Waals surface area contributed by atoms with Gasteiger partial charge in [-0.25, -0.2) is 0 Å². The quantitative estimate of drug-likeness (QED) is 0.836. The Morgan fingerprint density at radius 3 is 2.62 bits per heavy atom. The van der Waals surface area contributed by atoms with E-state index < -0.39 is 0 Å². The second kappa shape index (κ2) is 6.16. The van der Waals surface area contributed by atoms with Crippen LogP contribution in [-0.4, -0.2) is 18.1 Å². The highest BCUT2D eigenvalue weighted by molar-refractivity contribution is 9.10. The van der Waals surface area contributed by atoms with Crippen molar-refractivity contribution in [3.05, 3.63) is 64.1 Å². The third-order valence-electron chi connectivity index (χ3n) is 4.04. The molecule has 1 unspecified atom stereocenters. The summed E-state index contributed by atoms with van der Waals surface area (Å²) in [4.78, 5) is 2.85. The van der Waals surface area contributed by atoms with E-state index >= 15 is 0 Å². The van der Waals surface area contributed by atoms with Crippen LogP contribution in [0.5, 0.6) is 0 Å². The van der Waals surface area contributed by atoms with Crippen LogP contribution >= 0.6 is 28.1 Å². The van der Waals surface area contributed by atoms with Gasteiger partial charge in [-0.3, -0.25) is 0 Å². The number of nitrogens with zero attached hydrogens (tertiary/aromatic N) is 1. The summed E-state index contributed by atoms with van der Waals surface area (Å²) in [6, 6.07) is 17.0. The van der Waals surface area contributed by atoms with Crippen molar-refractivity contribution in [2.24, 2.45) is 5.73 Å². The molecule has 0 aliphatic carbocycles. The minimum Gasteiger partial charge on any atom is -0.389 e. The third-order valence-corrected chi connectivity index (χ3v) is 4.92. The smallest absolute Gasteiger partial charge is 0.105 e. The van der Waals surface area contributed by atoms with Crippen LogP contribution in [0.25, 0.3) is 0 Å². The molecule has 3 rings (SSSR count). The zero-order valence-corrected chi connectivity index (χ0v) is 14.0. The van der Waals surface area contributed by atoms with Crippen LogP contribution in [0.1, 0.15) is 23.5 Å². The molecule has 4 heteroatoms. The Labute approximate surface area is 139 Å². The van der Waals surface area contributed by atoms with E-state index in [0.29, 0.717) is 10.9 Å². The summed E-state index contributed by atoms with van der Waals surface area (Å²) in [5, 5.41) is 0. The number of anilines is 1. The number of nitrogens with two attached hydrogens (primary N) is 1. The molecule has 1 heterocycles.